The van der Waals surface area contributed by atoms with Gasteiger partial charge >= 0.3 is 39.5 Å². The zero-order chi connectivity index (χ0) is 66.5. The summed E-state index contributed by atoms with van der Waals surface area (Å²) in [6.07, 6.45) is 49.2. The van der Waals surface area contributed by atoms with E-state index in [2.05, 4.69) is 41.5 Å². The van der Waals surface area contributed by atoms with Crippen molar-refractivity contribution in [3.05, 3.63) is 0 Å². The fourth-order valence-corrected chi connectivity index (χ4v) is 12.3. The third-order valence-corrected chi connectivity index (χ3v) is 18.7. The molecule has 0 amide bonds. The molecule has 3 unspecified atom stereocenters. The van der Waals surface area contributed by atoms with Crippen LogP contribution in [-0.4, -0.2) is 96.7 Å². The van der Waals surface area contributed by atoms with Gasteiger partial charge in [-0.1, -0.05) is 311 Å². The minimum atomic E-state index is -4.95. The van der Waals surface area contributed by atoms with Crippen molar-refractivity contribution in [2.45, 2.75) is 381 Å². The Labute approximate surface area is 549 Å². The highest BCUT2D eigenvalue weighted by molar-refractivity contribution is 7.47. The molecule has 0 spiro atoms. The smallest absolute Gasteiger partial charge is 0.462 e. The number of unbranched alkanes of at least 4 members (excludes halogenated alkanes) is 39. The van der Waals surface area contributed by atoms with Gasteiger partial charge in [-0.05, 0) is 37.5 Å². The van der Waals surface area contributed by atoms with Crippen molar-refractivity contribution in [3.63, 3.8) is 0 Å². The molecule has 0 aromatic heterocycles. The number of phosphoric acid groups is 2. The molecule has 0 saturated carbocycles. The van der Waals surface area contributed by atoms with E-state index in [4.69, 9.17) is 37.0 Å². The Kier molecular flexibility index (Phi) is 61.8. The molecule has 0 bridgehead atoms. The van der Waals surface area contributed by atoms with E-state index < -0.39 is 97.5 Å². The van der Waals surface area contributed by atoms with Crippen molar-refractivity contribution >= 4 is 39.5 Å². The predicted molar refractivity (Wildman–Crippen MR) is 363 cm³/mol. The van der Waals surface area contributed by atoms with Crippen LogP contribution in [0.15, 0.2) is 0 Å². The summed E-state index contributed by atoms with van der Waals surface area (Å²) in [5.41, 5.74) is 0. The van der Waals surface area contributed by atoms with Crippen molar-refractivity contribution in [2.24, 2.45) is 11.8 Å². The molecule has 3 N–H and O–H groups in total. The van der Waals surface area contributed by atoms with Crippen LogP contribution in [0.5, 0.6) is 0 Å². The van der Waals surface area contributed by atoms with Crippen LogP contribution in [0.25, 0.3) is 0 Å². The van der Waals surface area contributed by atoms with E-state index in [1.54, 1.807) is 0 Å². The van der Waals surface area contributed by atoms with Crippen molar-refractivity contribution in [3.8, 4) is 0 Å². The van der Waals surface area contributed by atoms with Gasteiger partial charge in [-0.25, -0.2) is 9.13 Å². The summed E-state index contributed by atoms with van der Waals surface area (Å²) in [4.78, 5) is 72.2. The summed E-state index contributed by atoms with van der Waals surface area (Å²) in [5, 5.41) is 10.6. The number of hydrogen-bond acceptors (Lipinski definition) is 15. The van der Waals surface area contributed by atoms with Crippen molar-refractivity contribution in [1.82, 2.24) is 0 Å². The molecule has 0 aromatic rings. The van der Waals surface area contributed by atoms with Crippen molar-refractivity contribution in [1.29, 1.82) is 0 Å². The number of aliphatic hydroxyl groups excluding tert-OH is 1. The molecule has 19 heteroatoms. The van der Waals surface area contributed by atoms with Crippen LogP contribution in [0.1, 0.15) is 363 Å². The number of rotatable bonds is 70. The Morgan fingerprint density at radius 1 is 0.322 bits per heavy atom. The first kappa shape index (κ1) is 88.1. The van der Waals surface area contributed by atoms with Crippen molar-refractivity contribution < 1.29 is 80.2 Å². The van der Waals surface area contributed by atoms with Gasteiger partial charge < -0.3 is 33.8 Å². The first-order chi connectivity index (χ1) is 43.4. The maximum atomic E-state index is 13.0. The van der Waals surface area contributed by atoms with E-state index >= 15 is 0 Å². The van der Waals surface area contributed by atoms with Crippen LogP contribution in [0.2, 0.25) is 0 Å². The molecule has 0 aliphatic carbocycles. The highest BCUT2D eigenvalue weighted by atomic mass is 31.2. The van der Waals surface area contributed by atoms with Gasteiger partial charge in [0.1, 0.15) is 19.3 Å². The number of ether oxygens (including phenoxy) is 4. The Bertz CT molecular complexity index is 1750. The summed E-state index contributed by atoms with van der Waals surface area (Å²) < 4.78 is 68.1. The van der Waals surface area contributed by atoms with E-state index in [9.17, 15) is 43.2 Å². The van der Waals surface area contributed by atoms with E-state index in [1.807, 2.05) is 0 Å². The van der Waals surface area contributed by atoms with Gasteiger partial charge in [-0.2, -0.15) is 0 Å². The Morgan fingerprint density at radius 2 is 0.567 bits per heavy atom. The molecule has 534 valence electrons. The van der Waals surface area contributed by atoms with E-state index in [1.165, 1.54) is 173 Å². The van der Waals surface area contributed by atoms with E-state index in [-0.39, 0.29) is 25.7 Å². The average Bonchev–Trinajstić information content (AvgIpc) is 3.73. The first-order valence-electron chi connectivity index (χ1n) is 37.0. The average molecular weight is 1330 g/mol. The maximum Gasteiger partial charge on any atom is 0.472 e. The summed E-state index contributed by atoms with van der Waals surface area (Å²) in [6, 6.07) is 0. The normalized spacial score (nSPS) is 14.4. The Morgan fingerprint density at radius 3 is 0.844 bits per heavy atom. The number of carbonyl (C=O) groups is 4. The topological polar surface area (TPSA) is 237 Å². The Hall–Kier alpha value is -1.94. The molecule has 0 rings (SSSR count). The molecule has 0 heterocycles. The monoisotopic (exact) mass is 1320 g/mol. The minimum absolute atomic E-state index is 0.102. The van der Waals surface area contributed by atoms with Gasteiger partial charge in [0.15, 0.2) is 12.2 Å². The predicted octanol–water partition coefficient (Wildman–Crippen LogP) is 20.4. The lowest BCUT2D eigenvalue weighted by Gasteiger charge is -2.21. The van der Waals surface area contributed by atoms with Crippen LogP contribution in [0.4, 0.5) is 0 Å². The number of esters is 4. The standard InChI is InChI=1S/C71H138O17P2/c1-7-10-12-14-15-16-17-18-19-20-21-22-23-24-25-26-29-33-36-43-49-55-70(75)87-67(60-82-69(74)54-48-42-35-32-30-27-28-31-34-40-45-51-63(4)5)62-86-90(79,80)84-58-65(72)57-83-89(77,78)85-61-66(59-81-68(73)53-47-39-13-11-8-2)88-71(76)56-50-44-38-37-41-46-52-64(6)9-3/h63-67,72H,7-62H2,1-6H3,(H,77,78)(H,79,80)/t64?,65-,66+,67+/m0/s1. The molecule has 0 radical (unpaired) electrons. The van der Waals surface area contributed by atoms with Gasteiger partial charge in [-0.15, -0.1) is 0 Å². The fourth-order valence-electron chi connectivity index (χ4n) is 10.7. The highest BCUT2D eigenvalue weighted by Gasteiger charge is 2.30. The molecule has 0 aliphatic rings. The molecule has 6 atom stereocenters. The lowest BCUT2D eigenvalue weighted by Crippen LogP contribution is -2.30. The summed E-state index contributed by atoms with van der Waals surface area (Å²) in [6.45, 7) is 9.41. The zero-order valence-corrected chi connectivity index (χ0v) is 60.2. The second kappa shape index (κ2) is 63.1. The molecular weight excluding hydrogens is 1190 g/mol. The quantitative estimate of drug-likeness (QED) is 0.0222. The van der Waals surface area contributed by atoms with Gasteiger partial charge in [0.05, 0.1) is 26.4 Å². The summed E-state index contributed by atoms with van der Waals surface area (Å²) >= 11 is 0. The molecule has 0 saturated heterocycles. The molecule has 0 aromatic carbocycles. The molecule has 0 fully saturated rings. The zero-order valence-electron chi connectivity index (χ0n) is 58.4. The number of carbonyl (C=O) groups excluding carboxylic acids is 4. The highest BCUT2D eigenvalue weighted by Crippen LogP contribution is 2.45. The summed E-state index contributed by atoms with van der Waals surface area (Å²) in [5.74, 6) is -0.647. The first-order valence-corrected chi connectivity index (χ1v) is 40.0. The second-order valence-corrected chi connectivity index (χ2v) is 29.3. The molecular formula is C71H138O17P2. The lowest BCUT2D eigenvalue weighted by atomic mass is 10.00. The van der Waals surface area contributed by atoms with E-state index in [0.29, 0.717) is 25.7 Å². The van der Waals surface area contributed by atoms with Crippen molar-refractivity contribution in [2.75, 3.05) is 39.6 Å². The van der Waals surface area contributed by atoms with Crippen LogP contribution in [-0.2, 0) is 65.4 Å². The third-order valence-electron chi connectivity index (χ3n) is 16.8. The fraction of sp³-hybridized carbons (Fsp3) is 0.944. The molecule has 0 aliphatic heterocycles. The van der Waals surface area contributed by atoms with Gasteiger partial charge in [0.2, 0.25) is 0 Å². The molecule has 90 heavy (non-hydrogen) atoms. The van der Waals surface area contributed by atoms with Gasteiger partial charge in [0, 0.05) is 25.7 Å². The second-order valence-electron chi connectivity index (χ2n) is 26.3. The van der Waals surface area contributed by atoms with Gasteiger partial charge in [0.25, 0.3) is 0 Å². The maximum absolute atomic E-state index is 13.0. The third kappa shape index (κ3) is 63.5. The largest absolute Gasteiger partial charge is 0.472 e. The van der Waals surface area contributed by atoms with Crippen LogP contribution < -0.4 is 0 Å². The molecule has 17 nitrogen and oxygen atoms in total. The van der Waals surface area contributed by atoms with Crippen LogP contribution in [0, 0.1) is 11.8 Å². The van der Waals surface area contributed by atoms with Crippen LogP contribution >= 0.6 is 15.6 Å². The van der Waals surface area contributed by atoms with Gasteiger partial charge in [-0.3, -0.25) is 37.3 Å². The van der Waals surface area contributed by atoms with Crippen LogP contribution in [0.3, 0.4) is 0 Å². The number of phosphoric ester groups is 2. The summed E-state index contributed by atoms with van der Waals surface area (Å²) in [7, 11) is -9.89. The van der Waals surface area contributed by atoms with E-state index in [0.717, 1.165) is 108 Å². The number of aliphatic hydroxyl groups is 1. The minimum Gasteiger partial charge on any atom is -0.462 e. The Balaban J connectivity index is 5.12. The SMILES string of the molecule is CCCCCCCCCCCCCCCCCCCCCCCC(=O)O[C@H](COC(=O)CCCCCCCCCCCCCC(C)C)COP(=O)(O)OC[C@@H](O)COP(=O)(O)OC[C@@H](COC(=O)CCCCCCC)OC(=O)CCCCCCCCC(C)CC. The lowest BCUT2D eigenvalue weighted by molar-refractivity contribution is -0.161. The number of hydrogen-bond donors (Lipinski definition) is 3.